The van der Waals surface area contributed by atoms with Crippen LogP contribution in [0.1, 0.15) is 10.4 Å². The molecule has 1 amide bonds. The Bertz CT molecular complexity index is 794. The third kappa shape index (κ3) is 2.64. The van der Waals surface area contributed by atoms with E-state index in [1.54, 1.807) is 49.7 Å². The van der Waals surface area contributed by atoms with Crippen LogP contribution in [0.5, 0.6) is 5.88 Å². The summed E-state index contributed by atoms with van der Waals surface area (Å²) in [6, 6.07) is 10.1. The molecule has 0 radical (unpaired) electrons. The highest BCUT2D eigenvalue weighted by Gasteiger charge is 2.11. The number of pyridine rings is 1. The van der Waals surface area contributed by atoms with Crippen molar-refractivity contribution in [2.45, 2.75) is 0 Å². The quantitative estimate of drug-likeness (QED) is 0.788. The zero-order valence-electron chi connectivity index (χ0n) is 11.7. The molecule has 0 aliphatic heterocycles. The van der Waals surface area contributed by atoms with Crippen LogP contribution in [0, 0.1) is 0 Å². The van der Waals surface area contributed by atoms with Gasteiger partial charge in [-0.15, -0.1) is 0 Å². The molecule has 0 saturated heterocycles. The molecule has 110 valence electrons. The van der Waals surface area contributed by atoms with Gasteiger partial charge >= 0.3 is 0 Å². The van der Waals surface area contributed by atoms with Gasteiger partial charge in [-0.05, 0) is 30.3 Å². The molecule has 7 heteroatoms. The fraction of sp³-hybridized carbons (Fsp3) is 0.0667. The van der Waals surface area contributed by atoms with Crippen molar-refractivity contribution in [1.82, 2.24) is 15.1 Å². The van der Waals surface area contributed by atoms with Gasteiger partial charge in [0.05, 0.1) is 7.11 Å². The molecule has 0 fully saturated rings. The third-order valence-corrected chi connectivity index (χ3v) is 3.05. The molecule has 3 aromatic rings. The molecule has 2 N–H and O–H groups in total. The molecular formula is C15H12N4O3. The third-order valence-electron chi connectivity index (χ3n) is 3.05. The fourth-order valence-electron chi connectivity index (χ4n) is 1.87. The molecular weight excluding hydrogens is 284 g/mol. The van der Waals surface area contributed by atoms with Gasteiger partial charge in [0.2, 0.25) is 17.6 Å². The molecule has 1 aromatic carbocycles. The van der Waals surface area contributed by atoms with Crippen molar-refractivity contribution < 1.29 is 14.1 Å². The Balaban J connectivity index is 1.87. The standard InChI is InChI=1S/C15H12N4O3/c1-21-12-7-6-11(8-17-12)14-18-15(22-19-14)10-4-2-9(3-5-10)13(16)20/h2-8H,1H3,(H2,16,20). The summed E-state index contributed by atoms with van der Waals surface area (Å²) >= 11 is 0. The predicted molar refractivity (Wildman–Crippen MR) is 78.0 cm³/mol. The topological polar surface area (TPSA) is 104 Å². The van der Waals surface area contributed by atoms with Crippen molar-refractivity contribution in [3.8, 4) is 28.7 Å². The maximum Gasteiger partial charge on any atom is 0.258 e. The van der Waals surface area contributed by atoms with Gasteiger partial charge in [-0.1, -0.05) is 5.16 Å². The number of amides is 1. The minimum Gasteiger partial charge on any atom is -0.481 e. The minimum atomic E-state index is -0.484. The van der Waals surface area contributed by atoms with E-state index >= 15 is 0 Å². The first-order valence-electron chi connectivity index (χ1n) is 6.42. The van der Waals surface area contributed by atoms with Gasteiger partial charge in [0.25, 0.3) is 5.89 Å². The second-order valence-electron chi connectivity index (χ2n) is 4.45. The molecule has 0 bridgehead atoms. The lowest BCUT2D eigenvalue weighted by Crippen LogP contribution is -2.10. The lowest BCUT2D eigenvalue weighted by molar-refractivity contribution is 0.100. The summed E-state index contributed by atoms with van der Waals surface area (Å²) in [6.07, 6.45) is 1.60. The molecule has 0 atom stereocenters. The van der Waals surface area contributed by atoms with E-state index < -0.39 is 5.91 Å². The summed E-state index contributed by atoms with van der Waals surface area (Å²) in [5, 5.41) is 3.92. The lowest BCUT2D eigenvalue weighted by atomic mass is 10.1. The number of carbonyl (C=O) groups is 1. The van der Waals surface area contributed by atoms with Crippen LogP contribution in [0.3, 0.4) is 0 Å². The van der Waals surface area contributed by atoms with Crippen LogP contribution in [0.15, 0.2) is 47.1 Å². The van der Waals surface area contributed by atoms with E-state index in [-0.39, 0.29) is 0 Å². The van der Waals surface area contributed by atoms with E-state index in [1.807, 2.05) is 0 Å². The number of nitrogens with zero attached hydrogens (tertiary/aromatic N) is 3. The van der Waals surface area contributed by atoms with Crippen LogP contribution in [0.4, 0.5) is 0 Å². The summed E-state index contributed by atoms with van der Waals surface area (Å²) in [6.45, 7) is 0. The van der Waals surface area contributed by atoms with E-state index in [9.17, 15) is 4.79 Å². The van der Waals surface area contributed by atoms with Crippen LogP contribution in [-0.2, 0) is 0 Å². The van der Waals surface area contributed by atoms with Crippen LogP contribution < -0.4 is 10.5 Å². The molecule has 2 aromatic heterocycles. The number of hydrogen-bond acceptors (Lipinski definition) is 6. The monoisotopic (exact) mass is 296 g/mol. The van der Waals surface area contributed by atoms with E-state index in [1.165, 1.54) is 0 Å². The Kier molecular flexibility index (Phi) is 3.53. The van der Waals surface area contributed by atoms with E-state index in [2.05, 4.69) is 15.1 Å². The first kappa shape index (κ1) is 13.7. The number of rotatable bonds is 4. The molecule has 0 aliphatic rings. The van der Waals surface area contributed by atoms with Crippen LogP contribution in [-0.4, -0.2) is 28.1 Å². The largest absolute Gasteiger partial charge is 0.481 e. The number of primary amides is 1. The van der Waals surface area contributed by atoms with E-state index in [4.69, 9.17) is 15.0 Å². The SMILES string of the molecule is COc1ccc(-c2noc(-c3ccc(C(N)=O)cc3)n2)cn1. The average Bonchev–Trinajstić information content (AvgIpc) is 3.05. The first-order chi connectivity index (χ1) is 10.7. The summed E-state index contributed by atoms with van der Waals surface area (Å²) in [4.78, 5) is 19.4. The van der Waals surface area contributed by atoms with Gasteiger partial charge in [-0.25, -0.2) is 4.98 Å². The molecule has 0 unspecified atom stereocenters. The number of nitrogens with two attached hydrogens (primary N) is 1. The minimum absolute atomic E-state index is 0.349. The summed E-state index contributed by atoms with van der Waals surface area (Å²) in [5.41, 5.74) is 7.03. The Morgan fingerprint density at radius 1 is 1.14 bits per heavy atom. The highest BCUT2D eigenvalue weighted by atomic mass is 16.5. The number of aromatic nitrogens is 3. The van der Waals surface area contributed by atoms with Gasteiger partial charge in [0, 0.05) is 29.0 Å². The molecule has 3 rings (SSSR count). The molecule has 0 aliphatic carbocycles. The van der Waals surface area contributed by atoms with Gasteiger partial charge in [-0.2, -0.15) is 4.98 Å². The van der Waals surface area contributed by atoms with E-state index in [0.717, 1.165) is 0 Å². The molecule has 22 heavy (non-hydrogen) atoms. The Labute approximate surface area is 125 Å². The van der Waals surface area contributed by atoms with Crippen molar-refractivity contribution in [3.05, 3.63) is 48.2 Å². The van der Waals surface area contributed by atoms with Crippen molar-refractivity contribution in [3.63, 3.8) is 0 Å². The van der Waals surface area contributed by atoms with Gasteiger partial charge < -0.3 is 15.0 Å². The fourth-order valence-corrected chi connectivity index (χ4v) is 1.87. The lowest BCUT2D eigenvalue weighted by Gasteiger charge is -1.98. The zero-order chi connectivity index (χ0) is 15.5. The van der Waals surface area contributed by atoms with Crippen LogP contribution >= 0.6 is 0 Å². The maximum atomic E-state index is 11.0. The smallest absolute Gasteiger partial charge is 0.258 e. The van der Waals surface area contributed by atoms with Crippen LogP contribution in [0.25, 0.3) is 22.8 Å². The second-order valence-corrected chi connectivity index (χ2v) is 4.45. The molecule has 0 spiro atoms. The van der Waals surface area contributed by atoms with Crippen molar-refractivity contribution >= 4 is 5.91 Å². The molecule has 0 saturated carbocycles. The Morgan fingerprint density at radius 3 is 2.45 bits per heavy atom. The number of methoxy groups -OCH3 is 1. The maximum absolute atomic E-state index is 11.0. The number of carbonyl (C=O) groups excluding carboxylic acids is 1. The summed E-state index contributed by atoms with van der Waals surface area (Å²) in [7, 11) is 1.55. The Morgan fingerprint density at radius 2 is 1.86 bits per heavy atom. The van der Waals surface area contributed by atoms with Crippen molar-refractivity contribution in [2.24, 2.45) is 5.73 Å². The molecule has 2 heterocycles. The average molecular weight is 296 g/mol. The van der Waals surface area contributed by atoms with Crippen molar-refractivity contribution in [2.75, 3.05) is 7.11 Å². The Hall–Kier alpha value is -3.22. The zero-order valence-corrected chi connectivity index (χ0v) is 11.7. The van der Waals surface area contributed by atoms with Gasteiger partial charge in [0.1, 0.15) is 0 Å². The van der Waals surface area contributed by atoms with Gasteiger partial charge in [-0.3, -0.25) is 4.79 Å². The number of benzene rings is 1. The molecule has 7 nitrogen and oxygen atoms in total. The van der Waals surface area contributed by atoms with Gasteiger partial charge in [0.15, 0.2) is 0 Å². The highest BCUT2D eigenvalue weighted by molar-refractivity contribution is 5.93. The predicted octanol–water partition coefficient (Wildman–Crippen LogP) is 1.91. The van der Waals surface area contributed by atoms with E-state index in [0.29, 0.717) is 34.3 Å². The van der Waals surface area contributed by atoms with Crippen molar-refractivity contribution in [1.29, 1.82) is 0 Å². The number of hydrogen-bond donors (Lipinski definition) is 1. The first-order valence-corrected chi connectivity index (χ1v) is 6.42. The van der Waals surface area contributed by atoms with Crippen LogP contribution in [0.2, 0.25) is 0 Å². The normalized spacial score (nSPS) is 10.4. The second kappa shape index (κ2) is 5.65. The summed E-state index contributed by atoms with van der Waals surface area (Å²) in [5.74, 6) is 0.794. The number of ether oxygens (including phenoxy) is 1. The summed E-state index contributed by atoms with van der Waals surface area (Å²) < 4.78 is 10.2. The highest BCUT2D eigenvalue weighted by Crippen LogP contribution is 2.22.